The van der Waals surface area contributed by atoms with Gasteiger partial charge in [0, 0.05) is 25.5 Å². The van der Waals surface area contributed by atoms with Crippen LogP contribution in [0, 0.1) is 0 Å². The van der Waals surface area contributed by atoms with Crippen molar-refractivity contribution in [2.45, 2.75) is 67.7 Å². The second kappa shape index (κ2) is 6.36. The first-order valence-corrected chi connectivity index (χ1v) is 9.50. The van der Waals surface area contributed by atoms with Crippen LogP contribution in [0.4, 0.5) is 13.2 Å². The Balaban J connectivity index is 1.37. The first-order chi connectivity index (χ1) is 11.9. The van der Waals surface area contributed by atoms with Gasteiger partial charge in [-0.15, -0.1) is 0 Å². The summed E-state index contributed by atoms with van der Waals surface area (Å²) in [5, 5.41) is 0. The second-order valence-electron chi connectivity index (χ2n) is 8.54. The summed E-state index contributed by atoms with van der Waals surface area (Å²) in [6.45, 7) is 2.55. The van der Waals surface area contributed by atoms with Crippen molar-refractivity contribution < 1.29 is 22.6 Å². The Labute approximate surface area is 147 Å². The summed E-state index contributed by atoms with van der Waals surface area (Å²) >= 11 is 0. The fourth-order valence-electron chi connectivity index (χ4n) is 5.91. The van der Waals surface area contributed by atoms with E-state index in [0.29, 0.717) is 13.0 Å². The van der Waals surface area contributed by atoms with E-state index in [1.165, 1.54) is 0 Å². The molecule has 4 aliphatic rings. The molecule has 0 aliphatic carbocycles. The molecule has 144 valence electrons. The van der Waals surface area contributed by atoms with Gasteiger partial charge >= 0.3 is 0 Å². The van der Waals surface area contributed by atoms with Crippen LogP contribution in [-0.2, 0) is 9.47 Å². The lowest BCUT2D eigenvalue weighted by molar-refractivity contribution is -0.0195. The molecule has 4 fully saturated rings. The number of fused-ring (bicyclic) bond motifs is 2. The van der Waals surface area contributed by atoms with Gasteiger partial charge in [0.25, 0.3) is 5.92 Å². The van der Waals surface area contributed by atoms with Crippen LogP contribution < -0.4 is 0 Å². The quantitative estimate of drug-likeness (QED) is 0.725. The monoisotopic (exact) mass is 362 g/mol. The average Bonchev–Trinajstić information content (AvgIpc) is 3.19. The van der Waals surface area contributed by atoms with Gasteiger partial charge in [-0.3, -0.25) is 9.80 Å². The molecule has 4 aliphatic heterocycles. The smallest absolute Gasteiger partial charge is 0.262 e. The van der Waals surface area contributed by atoms with Crippen molar-refractivity contribution in [2.24, 2.45) is 0 Å². The minimum Gasteiger partial charge on any atom is -0.383 e. The Bertz CT molecular complexity index is 509. The average molecular weight is 362 g/mol. The predicted octanol–water partition coefficient (Wildman–Crippen LogP) is 2.47. The lowest BCUT2D eigenvalue weighted by Gasteiger charge is -2.35. The highest BCUT2D eigenvalue weighted by atomic mass is 19.3. The fourth-order valence-corrected chi connectivity index (χ4v) is 5.91. The molecule has 0 aromatic rings. The van der Waals surface area contributed by atoms with Crippen molar-refractivity contribution >= 4 is 0 Å². The highest BCUT2D eigenvalue weighted by Crippen LogP contribution is 2.47. The van der Waals surface area contributed by atoms with Crippen molar-refractivity contribution in [3.63, 3.8) is 0 Å². The predicted molar refractivity (Wildman–Crippen MR) is 87.8 cm³/mol. The summed E-state index contributed by atoms with van der Waals surface area (Å²) in [6, 6.07) is -0.272. The van der Waals surface area contributed by atoms with Gasteiger partial charge in [0.05, 0.1) is 37.9 Å². The Morgan fingerprint density at radius 2 is 1.84 bits per heavy atom. The van der Waals surface area contributed by atoms with Crippen LogP contribution in [0.5, 0.6) is 0 Å². The molecular weight excluding hydrogens is 333 g/mol. The molecule has 4 unspecified atom stereocenters. The molecule has 4 saturated heterocycles. The van der Waals surface area contributed by atoms with Gasteiger partial charge in [0.15, 0.2) is 0 Å². The minimum atomic E-state index is -2.62. The maximum atomic E-state index is 14.7. The lowest BCUT2D eigenvalue weighted by atomic mass is 9.94. The zero-order valence-electron chi connectivity index (χ0n) is 15.0. The van der Waals surface area contributed by atoms with Gasteiger partial charge in [-0.1, -0.05) is 0 Å². The highest BCUT2D eigenvalue weighted by Gasteiger charge is 2.57. The van der Waals surface area contributed by atoms with E-state index in [1.54, 1.807) is 7.11 Å². The molecule has 7 heteroatoms. The highest BCUT2D eigenvalue weighted by molar-refractivity contribution is 5.09. The molecule has 4 atom stereocenters. The molecule has 0 spiro atoms. The maximum Gasteiger partial charge on any atom is 0.262 e. The lowest BCUT2D eigenvalue weighted by Crippen LogP contribution is -2.48. The largest absolute Gasteiger partial charge is 0.383 e. The van der Waals surface area contributed by atoms with E-state index < -0.39 is 17.6 Å². The molecule has 0 bridgehead atoms. The van der Waals surface area contributed by atoms with Crippen molar-refractivity contribution in [1.82, 2.24) is 9.80 Å². The summed E-state index contributed by atoms with van der Waals surface area (Å²) in [5.74, 6) is -2.62. The zero-order chi connectivity index (χ0) is 17.7. The van der Waals surface area contributed by atoms with Gasteiger partial charge in [-0.05, 0) is 38.8 Å². The molecule has 4 nitrogen and oxygen atoms in total. The molecule has 0 aromatic carbocycles. The number of nitrogens with zero attached hydrogens (tertiary/aromatic N) is 2. The van der Waals surface area contributed by atoms with E-state index in [-0.39, 0.29) is 37.8 Å². The summed E-state index contributed by atoms with van der Waals surface area (Å²) in [5.41, 5.74) is -0.733. The molecule has 25 heavy (non-hydrogen) atoms. The van der Waals surface area contributed by atoms with Gasteiger partial charge < -0.3 is 9.47 Å². The Hall–Kier alpha value is -0.370. The number of halogens is 3. The van der Waals surface area contributed by atoms with Crippen molar-refractivity contribution in [3.05, 3.63) is 0 Å². The number of hydrogen-bond acceptors (Lipinski definition) is 4. The Kier molecular flexibility index (Phi) is 4.58. The third-order valence-corrected chi connectivity index (χ3v) is 6.87. The van der Waals surface area contributed by atoms with Gasteiger partial charge in [-0.25, -0.2) is 13.2 Å². The molecule has 4 rings (SSSR count). The third-order valence-electron chi connectivity index (χ3n) is 6.87. The van der Waals surface area contributed by atoms with Crippen LogP contribution in [0.3, 0.4) is 0 Å². The van der Waals surface area contributed by atoms with Crippen LogP contribution in [0.1, 0.15) is 38.5 Å². The summed E-state index contributed by atoms with van der Waals surface area (Å²) in [7, 11) is 1.66. The molecule has 0 N–H and O–H groups in total. The molecule has 0 amide bonds. The fraction of sp³-hybridized carbons (Fsp3) is 1.00. The molecule has 0 saturated carbocycles. The number of hydrogen-bond donors (Lipinski definition) is 0. The summed E-state index contributed by atoms with van der Waals surface area (Å²) in [6.07, 6.45) is 3.14. The zero-order valence-corrected chi connectivity index (χ0v) is 15.0. The number of ether oxygens (including phenoxy) is 2. The standard InChI is InChI=1S/C18H29F3N2O2/c1-24-12-16-4-3-7-23(16)15(14(19)8-16)9-25-13-17-5-2-6-22(17)11-18(20,21)10-17/h14-15H,2-13H2,1H3. The Morgan fingerprint density at radius 3 is 2.64 bits per heavy atom. The third kappa shape index (κ3) is 3.01. The van der Waals surface area contributed by atoms with Crippen LogP contribution in [-0.4, -0.2) is 85.6 Å². The maximum absolute atomic E-state index is 14.7. The van der Waals surface area contributed by atoms with Crippen molar-refractivity contribution in [1.29, 1.82) is 0 Å². The normalized spacial score (nSPS) is 43.7. The van der Waals surface area contributed by atoms with Crippen LogP contribution in [0.2, 0.25) is 0 Å². The second-order valence-corrected chi connectivity index (χ2v) is 8.54. The van der Waals surface area contributed by atoms with E-state index in [2.05, 4.69) is 4.90 Å². The van der Waals surface area contributed by atoms with E-state index in [1.807, 2.05) is 4.90 Å². The van der Waals surface area contributed by atoms with E-state index in [0.717, 1.165) is 38.8 Å². The van der Waals surface area contributed by atoms with Gasteiger partial charge in [-0.2, -0.15) is 0 Å². The molecular formula is C18H29F3N2O2. The molecule has 0 radical (unpaired) electrons. The Morgan fingerprint density at radius 1 is 1.08 bits per heavy atom. The molecule has 0 aromatic heterocycles. The number of rotatable bonds is 6. The summed E-state index contributed by atoms with van der Waals surface area (Å²) in [4.78, 5) is 4.11. The van der Waals surface area contributed by atoms with Crippen LogP contribution in [0.25, 0.3) is 0 Å². The van der Waals surface area contributed by atoms with Gasteiger partial charge in [0.2, 0.25) is 0 Å². The van der Waals surface area contributed by atoms with Gasteiger partial charge in [0.1, 0.15) is 6.17 Å². The topological polar surface area (TPSA) is 24.9 Å². The molecule has 4 heterocycles. The van der Waals surface area contributed by atoms with Crippen molar-refractivity contribution in [2.75, 3.05) is 46.6 Å². The van der Waals surface area contributed by atoms with E-state index >= 15 is 0 Å². The first kappa shape index (κ1) is 18.0. The van der Waals surface area contributed by atoms with Crippen molar-refractivity contribution in [3.8, 4) is 0 Å². The van der Waals surface area contributed by atoms with Crippen LogP contribution >= 0.6 is 0 Å². The summed E-state index contributed by atoms with van der Waals surface area (Å²) < 4.78 is 53.6. The minimum absolute atomic E-state index is 0.124. The van der Waals surface area contributed by atoms with E-state index in [4.69, 9.17) is 9.47 Å². The number of alkyl halides is 3. The SMILES string of the molecule is COCC12CCCN1C(COCC13CCCN1CC(F)(F)C3)C(F)C2. The van der Waals surface area contributed by atoms with E-state index in [9.17, 15) is 13.2 Å². The number of methoxy groups -OCH3 is 1. The van der Waals surface area contributed by atoms with Crippen LogP contribution in [0.15, 0.2) is 0 Å². The first-order valence-electron chi connectivity index (χ1n) is 9.50.